The first-order chi connectivity index (χ1) is 8.58. The number of aryl methyl sites for hydroxylation is 3. The van der Waals surface area contributed by atoms with Crippen LogP contribution in [0.25, 0.3) is 0 Å². The number of ether oxygens (including phenoxy) is 1. The Labute approximate surface area is 107 Å². The minimum atomic E-state index is -0.477. The van der Waals surface area contributed by atoms with Crippen LogP contribution in [0.2, 0.25) is 0 Å². The van der Waals surface area contributed by atoms with Gasteiger partial charge in [-0.1, -0.05) is 23.8 Å². The van der Waals surface area contributed by atoms with Crippen molar-refractivity contribution in [3.05, 3.63) is 41.1 Å². The van der Waals surface area contributed by atoms with E-state index in [-0.39, 0.29) is 5.97 Å². The van der Waals surface area contributed by atoms with Crippen LogP contribution in [0.3, 0.4) is 0 Å². The van der Waals surface area contributed by atoms with Crippen molar-refractivity contribution >= 4 is 5.97 Å². The fourth-order valence-corrected chi connectivity index (χ4v) is 2.11. The predicted molar refractivity (Wildman–Crippen MR) is 70.4 cm³/mol. The molecule has 1 aromatic rings. The van der Waals surface area contributed by atoms with E-state index in [1.165, 1.54) is 5.56 Å². The average molecular weight is 246 g/mol. The van der Waals surface area contributed by atoms with Gasteiger partial charge < -0.3 is 10.1 Å². The van der Waals surface area contributed by atoms with Gasteiger partial charge in [0.15, 0.2) is 6.17 Å². The molecule has 0 radical (unpaired) electrons. The SMILES string of the molecule is Cc1cc(C)c(OC(=O)C2NC=CCN2)c(C)c1. The van der Waals surface area contributed by atoms with Gasteiger partial charge in [-0.15, -0.1) is 0 Å². The smallest absolute Gasteiger partial charge is 0.349 e. The molecule has 18 heavy (non-hydrogen) atoms. The predicted octanol–water partition coefficient (Wildman–Crippen LogP) is 1.55. The first-order valence-electron chi connectivity index (χ1n) is 6.02. The quantitative estimate of drug-likeness (QED) is 0.614. The number of esters is 1. The zero-order valence-electron chi connectivity index (χ0n) is 10.9. The van der Waals surface area contributed by atoms with Gasteiger partial charge in [-0.2, -0.15) is 0 Å². The summed E-state index contributed by atoms with van der Waals surface area (Å²) in [6.45, 7) is 6.59. The van der Waals surface area contributed by atoms with Crippen molar-refractivity contribution in [2.75, 3.05) is 6.54 Å². The Bertz CT molecular complexity index is 472. The van der Waals surface area contributed by atoms with Gasteiger partial charge in [-0.3, -0.25) is 5.32 Å². The number of carbonyl (C=O) groups excluding carboxylic acids is 1. The van der Waals surface area contributed by atoms with Crippen molar-refractivity contribution in [1.29, 1.82) is 0 Å². The van der Waals surface area contributed by atoms with E-state index in [1.807, 2.05) is 39.0 Å². The summed E-state index contributed by atoms with van der Waals surface area (Å²) in [5, 5.41) is 5.94. The molecule has 2 rings (SSSR count). The molecular weight excluding hydrogens is 228 g/mol. The average Bonchev–Trinajstić information content (AvgIpc) is 2.34. The minimum Gasteiger partial charge on any atom is -0.423 e. The van der Waals surface area contributed by atoms with Crippen LogP contribution in [-0.2, 0) is 4.79 Å². The number of benzene rings is 1. The van der Waals surface area contributed by atoms with E-state index < -0.39 is 6.17 Å². The zero-order chi connectivity index (χ0) is 13.1. The molecule has 1 heterocycles. The second-order valence-electron chi connectivity index (χ2n) is 4.56. The maximum absolute atomic E-state index is 12.0. The molecule has 1 aromatic carbocycles. The fraction of sp³-hybridized carbons (Fsp3) is 0.357. The second-order valence-corrected chi connectivity index (χ2v) is 4.56. The molecule has 1 aliphatic heterocycles. The molecule has 2 N–H and O–H groups in total. The van der Waals surface area contributed by atoms with Crippen molar-refractivity contribution in [3.63, 3.8) is 0 Å². The molecule has 1 aliphatic rings. The van der Waals surface area contributed by atoms with Gasteiger partial charge in [0.05, 0.1) is 0 Å². The second kappa shape index (κ2) is 5.23. The van der Waals surface area contributed by atoms with Gasteiger partial charge in [0.2, 0.25) is 0 Å². The third-order valence-corrected chi connectivity index (χ3v) is 2.86. The van der Waals surface area contributed by atoms with Gasteiger partial charge in [0.1, 0.15) is 5.75 Å². The molecule has 1 unspecified atom stereocenters. The Hall–Kier alpha value is -1.81. The van der Waals surface area contributed by atoms with Crippen molar-refractivity contribution in [2.24, 2.45) is 0 Å². The summed E-state index contributed by atoms with van der Waals surface area (Å²) in [5.74, 6) is 0.346. The largest absolute Gasteiger partial charge is 0.423 e. The number of nitrogens with one attached hydrogen (secondary N) is 2. The molecule has 96 valence electrons. The lowest BCUT2D eigenvalue weighted by Crippen LogP contribution is -2.50. The molecule has 0 spiro atoms. The lowest BCUT2D eigenvalue weighted by Gasteiger charge is -2.21. The van der Waals surface area contributed by atoms with E-state index in [1.54, 1.807) is 6.20 Å². The number of rotatable bonds is 2. The number of carbonyl (C=O) groups is 1. The van der Waals surface area contributed by atoms with Gasteiger partial charge in [0, 0.05) is 6.54 Å². The Morgan fingerprint density at radius 3 is 2.50 bits per heavy atom. The molecule has 4 heteroatoms. The fourth-order valence-electron chi connectivity index (χ4n) is 2.11. The van der Waals surface area contributed by atoms with E-state index >= 15 is 0 Å². The summed E-state index contributed by atoms with van der Waals surface area (Å²) in [6.07, 6.45) is 3.19. The Morgan fingerprint density at radius 2 is 1.94 bits per heavy atom. The van der Waals surface area contributed by atoms with Gasteiger partial charge in [-0.25, -0.2) is 4.79 Å². The number of hydrogen-bond donors (Lipinski definition) is 2. The number of hydrogen-bond acceptors (Lipinski definition) is 4. The molecule has 0 saturated heterocycles. The maximum atomic E-state index is 12.0. The highest BCUT2D eigenvalue weighted by molar-refractivity contribution is 5.78. The first-order valence-corrected chi connectivity index (χ1v) is 6.02. The highest BCUT2D eigenvalue weighted by Gasteiger charge is 2.21. The Morgan fingerprint density at radius 1 is 1.28 bits per heavy atom. The highest BCUT2D eigenvalue weighted by Crippen LogP contribution is 2.24. The standard InChI is InChI=1S/C14H18N2O2/c1-9-7-10(2)12(11(3)8-9)18-14(17)13-15-5-4-6-16-13/h4-5,7-8,13,15-16H,6H2,1-3H3. The third-order valence-electron chi connectivity index (χ3n) is 2.86. The summed E-state index contributed by atoms with van der Waals surface area (Å²) < 4.78 is 5.47. The molecule has 0 saturated carbocycles. The topological polar surface area (TPSA) is 50.4 Å². The first kappa shape index (κ1) is 12.6. The minimum absolute atomic E-state index is 0.311. The van der Waals surface area contributed by atoms with Gasteiger partial charge in [-0.05, 0) is 38.1 Å². The summed E-state index contributed by atoms with van der Waals surface area (Å²) in [7, 11) is 0. The lowest BCUT2D eigenvalue weighted by atomic mass is 10.1. The molecule has 4 nitrogen and oxygen atoms in total. The van der Waals surface area contributed by atoms with Gasteiger partial charge in [0.25, 0.3) is 0 Å². The molecule has 0 aliphatic carbocycles. The molecule has 1 atom stereocenters. The van der Waals surface area contributed by atoms with E-state index in [2.05, 4.69) is 10.6 Å². The zero-order valence-corrected chi connectivity index (χ0v) is 10.9. The van der Waals surface area contributed by atoms with Crippen molar-refractivity contribution in [3.8, 4) is 5.75 Å². The van der Waals surface area contributed by atoms with Gasteiger partial charge >= 0.3 is 5.97 Å². The lowest BCUT2D eigenvalue weighted by molar-refractivity contribution is -0.137. The van der Waals surface area contributed by atoms with Crippen LogP contribution >= 0.6 is 0 Å². The maximum Gasteiger partial charge on any atom is 0.349 e. The van der Waals surface area contributed by atoms with Crippen LogP contribution < -0.4 is 15.4 Å². The van der Waals surface area contributed by atoms with E-state index in [0.29, 0.717) is 12.3 Å². The summed E-state index contributed by atoms with van der Waals surface area (Å²) in [4.78, 5) is 12.0. The van der Waals surface area contributed by atoms with Crippen LogP contribution in [0.5, 0.6) is 5.75 Å². The summed E-state index contributed by atoms with van der Waals surface area (Å²) in [5.41, 5.74) is 3.13. The van der Waals surface area contributed by atoms with Crippen molar-refractivity contribution in [1.82, 2.24) is 10.6 Å². The summed E-state index contributed by atoms with van der Waals surface area (Å²) >= 11 is 0. The molecular formula is C14H18N2O2. The van der Waals surface area contributed by atoms with E-state index in [4.69, 9.17) is 4.74 Å². The monoisotopic (exact) mass is 246 g/mol. The summed E-state index contributed by atoms with van der Waals surface area (Å²) in [6, 6.07) is 4.02. The van der Waals surface area contributed by atoms with Crippen LogP contribution in [0.15, 0.2) is 24.4 Å². The van der Waals surface area contributed by atoms with E-state index in [9.17, 15) is 4.79 Å². The van der Waals surface area contributed by atoms with Crippen molar-refractivity contribution < 1.29 is 9.53 Å². The van der Waals surface area contributed by atoms with Crippen LogP contribution in [-0.4, -0.2) is 18.7 Å². The molecule has 0 aromatic heterocycles. The molecule has 0 fully saturated rings. The van der Waals surface area contributed by atoms with Crippen LogP contribution in [0, 0.1) is 20.8 Å². The Kier molecular flexibility index (Phi) is 3.67. The normalized spacial score (nSPS) is 18.3. The van der Waals surface area contributed by atoms with E-state index in [0.717, 1.165) is 11.1 Å². The third kappa shape index (κ3) is 2.71. The highest BCUT2D eigenvalue weighted by atomic mass is 16.5. The Balaban J connectivity index is 2.14. The van der Waals surface area contributed by atoms with Crippen LogP contribution in [0.4, 0.5) is 0 Å². The molecule has 0 bridgehead atoms. The van der Waals surface area contributed by atoms with Crippen LogP contribution in [0.1, 0.15) is 16.7 Å². The molecule has 0 amide bonds. The van der Waals surface area contributed by atoms with Crippen molar-refractivity contribution in [2.45, 2.75) is 26.9 Å².